The van der Waals surface area contributed by atoms with Crippen LogP contribution in [-0.2, 0) is 0 Å². The summed E-state index contributed by atoms with van der Waals surface area (Å²) in [6.45, 7) is 8.44. The van der Waals surface area contributed by atoms with Crippen LogP contribution in [0.4, 0.5) is 0 Å². The van der Waals surface area contributed by atoms with Gasteiger partial charge in [0.15, 0.2) is 0 Å². The summed E-state index contributed by atoms with van der Waals surface area (Å²) in [6.07, 6.45) is 7.10. The summed E-state index contributed by atoms with van der Waals surface area (Å²) < 4.78 is 0. The summed E-state index contributed by atoms with van der Waals surface area (Å²) in [4.78, 5) is 0. The van der Waals surface area contributed by atoms with Gasteiger partial charge in [0.2, 0.25) is 0 Å². The summed E-state index contributed by atoms with van der Waals surface area (Å²) in [7, 11) is 0. The van der Waals surface area contributed by atoms with Gasteiger partial charge in [0.25, 0.3) is 0 Å². The van der Waals surface area contributed by atoms with Crippen LogP contribution in [0.25, 0.3) is 12.2 Å². The van der Waals surface area contributed by atoms with E-state index in [4.69, 9.17) is 0 Å². The minimum absolute atomic E-state index is 0.128. The molecule has 0 unspecified atom stereocenters. The Labute approximate surface area is 156 Å². The molecule has 2 aromatic carbocycles. The molecule has 0 heterocycles. The van der Waals surface area contributed by atoms with E-state index in [9.17, 15) is 10.2 Å². The molecule has 1 aliphatic carbocycles. The molecule has 3 rings (SSSR count). The molecule has 1 saturated carbocycles. The molecule has 1 aliphatic rings. The molecule has 0 aromatic heterocycles. The van der Waals surface area contributed by atoms with Crippen molar-refractivity contribution < 1.29 is 10.2 Å². The van der Waals surface area contributed by atoms with Crippen LogP contribution >= 0.6 is 0 Å². The van der Waals surface area contributed by atoms with Gasteiger partial charge in [0.1, 0.15) is 11.5 Å². The molecule has 136 valence electrons. The normalized spacial score (nSPS) is 23.2. The van der Waals surface area contributed by atoms with Crippen molar-refractivity contribution in [3.8, 4) is 11.5 Å². The predicted octanol–water partition coefficient (Wildman–Crippen LogP) is 6.36. The quantitative estimate of drug-likeness (QED) is 0.498. The van der Waals surface area contributed by atoms with Crippen LogP contribution in [0.5, 0.6) is 11.5 Å². The van der Waals surface area contributed by atoms with Crippen LogP contribution in [0.2, 0.25) is 0 Å². The number of phenolic OH excluding ortho intramolecular Hbond substituents is 2. The molecule has 1 fully saturated rings. The predicted molar refractivity (Wildman–Crippen MR) is 109 cm³/mol. The molecule has 0 spiro atoms. The highest BCUT2D eigenvalue weighted by Gasteiger charge is 2.33. The van der Waals surface area contributed by atoms with Crippen LogP contribution in [0.15, 0.2) is 54.6 Å². The third kappa shape index (κ3) is 4.01. The zero-order chi connectivity index (χ0) is 18.7. The summed E-state index contributed by atoms with van der Waals surface area (Å²) in [5.41, 5.74) is 3.69. The van der Waals surface area contributed by atoms with Crippen molar-refractivity contribution in [2.24, 2.45) is 11.8 Å². The van der Waals surface area contributed by atoms with Crippen molar-refractivity contribution in [2.45, 2.75) is 39.0 Å². The smallest absolute Gasteiger partial charge is 0.123 e. The lowest BCUT2D eigenvalue weighted by molar-refractivity contribution is 0.267. The monoisotopic (exact) mass is 348 g/mol. The highest BCUT2D eigenvalue weighted by molar-refractivity contribution is 5.71. The summed E-state index contributed by atoms with van der Waals surface area (Å²) in [5.74, 6) is 1.40. The van der Waals surface area contributed by atoms with Gasteiger partial charge in [-0.3, -0.25) is 0 Å². The first-order valence-corrected chi connectivity index (χ1v) is 9.40. The first kappa shape index (κ1) is 18.3. The standard InChI is InChI=1S/C24H28O2/c1-16(2)20-12-9-17(3)13-21(20)24-22(25)14-19(15-23(24)26)11-10-18-7-5-4-6-8-18/h4-8,10-11,14-15,17,20-21,25-26H,1,9,12-13H2,2-3H3/t17-,20+,21-/m0/s1. The Morgan fingerprint density at radius 1 is 1.00 bits per heavy atom. The molecule has 3 atom stereocenters. The van der Waals surface area contributed by atoms with Gasteiger partial charge in [0, 0.05) is 5.56 Å². The van der Waals surface area contributed by atoms with Crippen LogP contribution in [0.1, 0.15) is 55.7 Å². The van der Waals surface area contributed by atoms with Crippen molar-refractivity contribution in [2.75, 3.05) is 0 Å². The topological polar surface area (TPSA) is 40.5 Å². The lowest BCUT2D eigenvalue weighted by Gasteiger charge is -2.36. The van der Waals surface area contributed by atoms with E-state index in [1.807, 2.05) is 42.5 Å². The van der Waals surface area contributed by atoms with E-state index in [2.05, 4.69) is 20.4 Å². The van der Waals surface area contributed by atoms with Crippen LogP contribution in [0.3, 0.4) is 0 Å². The van der Waals surface area contributed by atoms with E-state index in [0.29, 0.717) is 17.4 Å². The Morgan fingerprint density at radius 3 is 2.23 bits per heavy atom. The maximum atomic E-state index is 10.7. The van der Waals surface area contributed by atoms with Crippen LogP contribution in [-0.4, -0.2) is 10.2 Å². The highest BCUT2D eigenvalue weighted by atomic mass is 16.3. The molecular formula is C24H28O2. The van der Waals surface area contributed by atoms with Gasteiger partial charge in [-0.15, -0.1) is 0 Å². The van der Waals surface area contributed by atoms with Crippen molar-refractivity contribution in [3.05, 3.63) is 71.3 Å². The molecule has 0 aliphatic heterocycles. The average Bonchev–Trinajstić information content (AvgIpc) is 2.60. The van der Waals surface area contributed by atoms with Gasteiger partial charge in [0.05, 0.1) is 0 Å². The molecule has 0 saturated heterocycles. The van der Waals surface area contributed by atoms with E-state index in [-0.39, 0.29) is 17.4 Å². The second kappa shape index (κ2) is 7.82. The van der Waals surface area contributed by atoms with Gasteiger partial charge >= 0.3 is 0 Å². The Bertz CT molecular complexity index is 781. The second-order valence-corrected chi connectivity index (χ2v) is 7.69. The third-order valence-electron chi connectivity index (χ3n) is 5.54. The Morgan fingerprint density at radius 2 is 1.62 bits per heavy atom. The number of hydrogen-bond donors (Lipinski definition) is 2. The Balaban J connectivity index is 1.91. The zero-order valence-electron chi connectivity index (χ0n) is 15.7. The maximum Gasteiger partial charge on any atom is 0.123 e. The SMILES string of the molecule is C=C(C)[C@H]1CC[C@H](C)C[C@@H]1c1c(O)cc(C=Cc2ccccc2)cc1O. The molecular weight excluding hydrogens is 320 g/mol. The van der Waals surface area contributed by atoms with E-state index < -0.39 is 0 Å². The fourth-order valence-corrected chi connectivity index (χ4v) is 4.17. The molecule has 0 amide bonds. The van der Waals surface area contributed by atoms with Crippen LogP contribution in [0, 0.1) is 11.8 Å². The van der Waals surface area contributed by atoms with Gasteiger partial charge in [-0.2, -0.15) is 0 Å². The lowest BCUT2D eigenvalue weighted by Crippen LogP contribution is -2.23. The number of hydrogen-bond acceptors (Lipinski definition) is 2. The molecule has 2 heteroatoms. The summed E-state index contributed by atoms with van der Waals surface area (Å²) in [6, 6.07) is 13.5. The third-order valence-corrected chi connectivity index (χ3v) is 5.54. The summed E-state index contributed by atoms with van der Waals surface area (Å²) >= 11 is 0. The summed E-state index contributed by atoms with van der Waals surface area (Å²) in [5, 5.41) is 21.4. The number of allylic oxidation sites excluding steroid dienone is 1. The first-order valence-electron chi connectivity index (χ1n) is 9.40. The molecule has 0 radical (unpaired) electrons. The van der Waals surface area contributed by atoms with Crippen LogP contribution < -0.4 is 0 Å². The maximum absolute atomic E-state index is 10.7. The molecule has 0 bridgehead atoms. The van der Waals surface area contributed by atoms with E-state index >= 15 is 0 Å². The van der Waals surface area contributed by atoms with Gasteiger partial charge in [-0.05, 0) is 60.8 Å². The lowest BCUT2D eigenvalue weighted by atomic mass is 9.69. The van der Waals surface area contributed by atoms with Crippen molar-refractivity contribution in [3.63, 3.8) is 0 Å². The second-order valence-electron chi connectivity index (χ2n) is 7.69. The molecule has 2 N–H and O–H groups in total. The highest BCUT2D eigenvalue weighted by Crippen LogP contribution is 2.49. The number of benzene rings is 2. The fraction of sp³-hybridized carbons (Fsp3) is 0.333. The van der Waals surface area contributed by atoms with E-state index in [0.717, 1.165) is 29.5 Å². The molecule has 2 nitrogen and oxygen atoms in total. The minimum atomic E-state index is 0.128. The molecule has 26 heavy (non-hydrogen) atoms. The Hall–Kier alpha value is -2.48. The van der Waals surface area contributed by atoms with Gasteiger partial charge in [-0.1, -0.05) is 68.0 Å². The first-order chi connectivity index (χ1) is 12.5. The molecule has 2 aromatic rings. The number of rotatable bonds is 4. The minimum Gasteiger partial charge on any atom is -0.507 e. The van der Waals surface area contributed by atoms with E-state index in [1.165, 1.54) is 6.42 Å². The van der Waals surface area contributed by atoms with E-state index in [1.54, 1.807) is 12.1 Å². The van der Waals surface area contributed by atoms with Gasteiger partial charge < -0.3 is 10.2 Å². The van der Waals surface area contributed by atoms with Crippen molar-refractivity contribution >= 4 is 12.2 Å². The fourth-order valence-electron chi connectivity index (χ4n) is 4.17. The number of aromatic hydroxyl groups is 2. The largest absolute Gasteiger partial charge is 0.507 e. The zero-order valence-corrected chi connectivity index (χ0v) is 15.7. The van der Waals surface area contributed by atoms with Gasteiger partial charge in [-0.25, -0.2) is 0 Å². The number of phenols is 2. The van der Waals surface area contributed by atoms with Crippen molar-refractivity contribution in [1.29, 1.82) is 0 Å². The Kier molecular flexibility index (Phi) is 5.51. The average molecular weight is 348 g/mol. The van der Waals surface area contributed by atoms with Crippen molar-refractivity contribution in [1.82, 2.24) is 0 Å².